The maximum absolute atomic E-state index is 12.3. The highest BCUT2D eigenvalue weighted by molar-refractivity contribution is 6.30. The predicted octanol–water partition coefficient (Wildman–Crippen LogP) is 3.52. The molecule has 0 spiro atoms. The SMILES string of the molecule is FC(F)Oc1ccc(Cl)cc1CNCCN1CCCCC1. The standard InChI is InChI=1S/C15H21ClF2N2O/c16-13-4-5-14(21-15(17)18)12(10-13)11-19-6-9-20-7-2-1-3-8-20/h4-5,10,15,19H,1-3,6-9,11H2. The van der Waals surface area contributed by atoms with Crippen molar-refractivity contribution in [2.75, 3.05) is 26.2 Å². The molecule has 0 radical (unpaired) electrons. The molecule has 1 saturated heterocycles. The Morgan fingerprint density at radius 2 is 2.00 bits per heavy atom. The summed E-state index contributed by atoms with van der Waals surface area (Å²) in [6.45, 7) is 1.75. The Morgan fingerprint density at radius 3 is 2.71 bits per heavy atom. The lowest BCUT2D eigenvalue weighted by atomic mass is 10.1. The van der Waals surface area contributed by atoms with Crippen LogP contribution in [-0.4, -0.2) is 37.7 Å². The lowest BCUT2D eigenvalue weighted by Gasteiger charge is -2.26. The minimum Gasteiger partial charge on any atom is -0.434 e. The number of piperidine rings is 1. The summed E-state index contributed by atoms with van der Waals surface area (Å²) in [5, 5.41) is 3.78. The topological polar surface area (TPSA) is 24.5 Å². The Kier molecular flexibility index (Phi) is 6.67. The van der Waals surface area contributed by atoms with Gasteiger partial charge in [0.15, 0.2) is 0 Å². The van der Waals surface area contributed by atoms with Crippen molar-refractivity contribution in [2.45, 2.75) is 32.4 Å². The van der Waals surface area contributed by atoms with Crippen LogP contribution in [0.5, 0.6) is 5.75 Å². The number of ether oxygens (including phenoxy) is 1. The first-order valence-corrected chi connectivity index (χ1v) is 7.69. The normalized spacial score (nSPS) is 16.4. The van der Waals surface area contributed by atoms with Crippen molar-refractivity contribution in [1.29, 1.82) is 0 Å². The molecule has 1 aromatic carbocycles. The molecule has 1 heterocycles. The zero-order valence-electron chi connectivity index (χ0n) is 12.0. The van der Waals surface area contributed by atoms with Gasteiger partial charge in [-0.05, 0) is 44.1 Å². The van der Waals surface area contributed by atoms with Gasteiger partial charge in [0.2, 0.25) is 0 Å². The molecular weight excluding hydrogens is 298 g/mol. The number of hydrogen-bond donors (Lipinski definition) is 1. The van der Waals surface area contributed by atoms with Crippen LogP contribution in [0.2, 0.25) is 5.02 Å². The van der Waals surface area contributed by atoms with Crippen molar-refractivity contribution in [3.8, 4) is 5.75 Å². The van der Waals surface area contributed by atoms with Gasteiger partial charge in [0.25, 0.3) is 0 Å². The van der Waals surface area contributed by atoms with Crippen LogP contribution in [0.4, 0.5) is 8.78 Å². The maximum Gasteiger partial charge on any atom is 0.387 e. The fourth-order valence-electron chi connectivity index (χ4n) is 2.54. The zero-order chi connectivity index (χ0) is 15.1. The molecule has 1 aliphatic heterocycles. The number of halogens is 3. The van der Waals surface area contributed by atoms with Crippen LogP contribution < -0.4 is 10.1 Å². The molecule has 21 heavy (non-hydrogen) atoms. The summed E-state index contributed by atoms with van der Waals surface area (Å²) < 4.78 is 29.2. The molecule has 0 atom stereocenters. The van der Waals surface area contributed by atoms with Gasteiger partial charge < -0.3 is 15.0 Å². The van der Waals surface area contributed by atoms with Gasteiger partial charge in [-0.25, -0.2) is 0 Å². The van der Waals surface area contributed by atoms with E-state index in [4.69, 9.17) is 11.6 Å². The second-order valence-electron chi connectivity index (χ2n) is 5.21. The molecule has 0 bridgehead atoms. The van der Waals surface area contributed by atoms with Gasteiger partial charge in [-0.15, -0.1) is 0 Å². The summed E-state index contributed by atoms with van der Waals surface area (Å²) in [6, 6.07) is 4.69. The highest BCUT2D eigenvalue weighted by Crippen LogP contribution is 2.24. The number of rotatable bonds is 7. The lowest BCUT2D eigenvalue weighted by Crippen LogP contribution is -2.35. The first-order valence-electron chi connectivity index (χ1n) is 7.31. The molecule has 0 saturated carbocycles. The first-order chi connectivity index (χ1) is 10.1. The highest BCUT2D eigenvalue weighted by Gasteiger charge is 2.11. The van der Waals surface area contributed by atoms with Gasteiger partial charge >= 0.3 is 6.61 Å². The van der Waals surface area contributed by atoms with E-state index in [1.165, 1.54) is 25.3 Å². The van der Waals surface area contributed by atoms with E-state index in [0.29, 0.717) is 17.1 Å². The van der Waals surface area contributed by atoms with Crippen LogP contribution >= 0.6 is 11.6 Å². The summed E-state index contributed by atoms with van der Waals surface area (Å²) in [5.41, 5.74) is 0.654. The molecule has 0 aliphatic carbocycles. The first kappa shape index (κ1) is 16.5. The largest absolute Gasteiger partial charge is 0.434 e. The van der Waals surface area contributed by atoms with E-state index in [1.807, 2.05) is 0 Å². The highest BCUT2D eigenvalue weighted by atomic mass is 35.5. The van der Waals surface area contributed by atoms with Crippen LogP contribution in [0.3, 0.4) is 0 Å². The monoisotopic (exact) mass is 318 g/mol. The van der Waals surface area contributed by atoms with Gasteiger partial charge in [-0.2, -0.15) is 8.78 Å². The molecule has 0 amide bonds. The third-order valence-corrected chi connectivity index (χ3v) is 3.84. The number of hydrogen-bond acceptors (Lipinski definition) is 3. The van der Waals surface area contributed by atoms with Gasteiger partial charge in [-0.1, -0.05) is 18.0 Å². The second kappa shape index (κ2) is 8.51. The fraction of sp³-hybridized carbons (Fsp3) is 0.600. The molecule has 1 aliphatic rings. The van der Waals surface area contributed by atoms with Gasteiger partial charge in [0.05, 0.1) is 0 Å². The molecule has 6 heteroatoms. The molecule has 1 fully saturated rings. The molecular formula is C15H21ClF2N2O. The second-order valence-corrected chi connectivity index (χ2v) is 5.65. The molecule has 118 valence electrons. The third kappa shape index (κ3) is 5.77. The average molecular weight is 319 g/mol. The van der Waals surface area contributed by atoms with Crippen LogP contribution in [-0.2, 0) is 6.54 Å². The lowest BCUT2D eigenvalue weighted by molar-refractivity contribution is -0.0504. The van der Waals surface area contributed by atoms with Crippen molar-refractivity contribution >= 4 is 11.6 Å². The summed E-state index contributed by atoms with van der Waals surface area (Å²) >= 11 is 5.91. The molecule has 0 unspecified atom stereocenters. The van der Waals surface area contributed by atoms with E-state index >= 15 is 0 Å². The quantitative estimate of drug-likeness (QED) is 0.779. The van der Waals surface area contributed by atoms with Crippen LogP contribution in [0.25, 0.3) is 0 Å². The fourth-order valence-corrected chi connectivity index (χ4v) is 2.74. The van der Waals surface area contributed by atoms with Crippen molar-refractivity contribution in [1.82, 2.24) is 10.2 Å². The molecule has 3 nitrogen and oxygen atoms in total. The summed E-state index contributed by atoms with van der Waals surface area (Å²) in [5.74, 6) is 0.180. The van der Waals surface area contributed by atoms with E-state index in [1.54, 1.807) is 12.1 Å². The van der Waals surface area contributed by atoms with Crippen molar-refractivity contribution in [3.63, 3.8) is 0 Å². The minimum atomic E-state index is -2.82. The van der Waals surface area contributed by atoms with Crippen LogP contribution in [0.15, 0.2) is 18.2 Å². The Morgan fingerprint density at radius 1 is 1.24 bits per heavy atom. The Labute approximate surface area is 129 Å². The average Bonchev–Trinajstić information content (AvgIpc) is 2.47. The Hall–Kier alpha value is -0.910. The molecule has 1 aromatic rings. The van der Waals surface area contributed by atoms with Crippen molar-refractivity contribution in [3.05, 3.63) is 28.8 Å². The van der Waals surface area contributed by atoms with Crippen LogP contribution in [0, 0.1) is 0 Å². The number of benzene rings is 1. The zero-order valence-corrected chi connectivity index (χ0v) is 12.7. The number of nitrogens with one attached hydrogen (secondary N) is 1. The van der Waals surface area contributed by atoms with E-state index in [0.717, 1.165) is 26.2 Å². The number of likely N-dealkylation sites (tertiary alicyclic amines) is 1. The predicted molar refractivity (Wildman–Crippen MR) is 80.1 cm³/mol. The number of alkyl halides is 2. The van der Waals surface area contributed by atoms with Crippen molar-refractivity contribution < 1.29 is 13.5 Å². The maximum atomic E-state index is 12.3. The molecule has 1 N–H and O–H groups in total. The van der Waals surface area contributed by atoms with Gasteiger partial charge in [-0.3, -0.25) is 0 Å². The van der Waals surface area contributed by atoms with Gasteiger partial charge in [0, 0.05) is 30.2 Å². The van der Waals surface area contributed by atoms with Crippen molar-refractivity contribution in [2.24, 2.45) is 0 Å². The smallest absolute Gasteiger partial charge is 0.387 e. The molecule has 0 aromatic heterocycles. The van der Waals surface area contributed by atoms with Crippen LogP contribution in [0.1, 0.15) is 24.8 Å². The van der Waals surface area contributed by atoms with Gasteiger partial charge in [0.1, 0.15) is 5.75 Å². The van der Waals surface area contributed by atoms with E-state index in [2.05, 4.69) is 15.0 Å². The Balaban J connectivity index is 1.79. The minimum absolute atomic E-state index is 0.180. The summed E-state index contributed by atoms with van der Waals surface area (Å²) in [7, 11) is 0. The molecule has 2 rings (SSSR count). The summed E-state index contributed by atoms with van der Waals surface area (Å²) in [6.07, 6.45) is 3.85. The number of nitrogens with zero attached hydrogens (tertiary/aromatic N) is 1. The van der Waals surface area contributed by atoms with E-state index in [-0.39, 0.29) is 5.75 Å². The van der Waals surface area contributed by atoms with E-state index in [9.17, 15) is 8.78 Å². The Bertz CT molecular complexity index is 440. The third-order valence-electron chi connectivity index (χ3n) is 3.61. The summed E-state index contributed by atoms with van der Waals surface area (Å²) in [4.78, 5) is 2.42. The van der Waals surface area contributed by atoms with E-state index < -0.39 is 6.61 Å².